The van der Waals surface area contributed by atoms with Crippen LogP contribution in [0.4, 0.5) is 5.69 Å². The summed E-state index contributed by atoms with van der Waals surface area (Å²) in [6.45, 7) is 0.274. The van der Waals surface area contributed by atoms with E-state index in [1.165, 1.54) is 10.9 Å². The summed E-state index contributed by atoms with van der Waals surface area (Å²) in [6, 6.07) is 12.7. The third-order valence-electron chi connectivity index (χ3n) is 3.49. The molecule has 0 radical (unpaired) electrons. The summed E-state index contributed by atoms with van der Waals surface area (Å²) in [4.78, 5) is 28.7. The number of nitrogens with zero attached hydrogens (tertiary/aromatic N) is 2. The van der Waals surface area contributed by atoms with Crippen molar-refractivity contribution in [3.8, 4) is 0 Å². The molecule has 1 amide bonds. The van der Waals surface area contributed by atoms with Crippen molar-refractivity contribution < 1.29 is 4.79 Å². The van der Waals surface area contributed by atoms with Crippen molar-refractivity contribution in [3.05, 3.63) is 68.1 Å². The predicted octanol–water partition coefficient (Wildman–Crippen LogP) is 3.95. The fourth-order valence-corrected chi connectivity index (χ4v) is 2.89. The molecule has 1 heterocycles. The number of rotatable bonds is 4. The molecule has 24 heavy (non-hydrogen) atoms. The van der Waals surface area contributed by atoms with E-state index in [0.717, 1.165) is 14.6 Å². The first-order valence-corrected chi connectivity index (χ1v) is 8.82. The van der Waals surface area contributed by atoms with Gasteiger partial charge in [0.15, 0.2) is 0 Å². The Hall–Kier alpha value is -1.99. The van der Waals surface area contributed by atoms with Gasteiger partial charge in [0.1, 0.15) is 0 Å². The summed E-state index contributed by atoms with van der Waals surface area (Å²) in [5, 5.41) is 3.33. The number of benzene rings is 2. The smallest absolute Gasteiger partial charge is 0.261 e. The van der Waals surface area contributed by atoms with Crippen LogP contribution in [0.2, 0.25) is 0 Å². The number of amides is 1. The Bertz CT molecular complexity index is 952. The highest BCUT2D eigenvalue weighted by Crippen LogP contribution is 2.15. The summed E-state index contributed by atoms with van der Waals surface area (Å²) >= 11 is 6.70. The van der Waals surface area contributed by atoms with Crippen molar-refractivity contribution in [2.75, 3.05) is 5.32 Å². The van der Waals surface area contributed by atoms with E-state index in [0.29, 0.717) is 10.9 Å². The van der Waals surface area contributed by atoms with Gasteiger partial charge < -0.3 is 5.32 Å². The van der Waals surface area contributed by atoms with Crippen LogP contribution >= 0.6 is 31.9 Å². The molecular formula is C17H13Br2N3O2. The summed E-state index contributed by atoms with van der Waals surface area (Å²) in [7, 11) is 0. The van der Waals surface area contributed by atoms with Gasteiger partial charge in [-0.25, -0.2) is 4.98 Å². The minimum atomic E-state index is -0.155. The fraction of sp³-hybridized carbons (Fsp3) is 0.118. The van der Waals surface area contributed by atoms with E-state index in [1.807, 2.05) is 30.3 Å². The molecule has 3 aromatic rings. The molecule has 3 rings (SSSR count). The normalized spacial score (nSPS) is 10.8. The van der Waals surface area contributed by atoms with Crippen LogP contribution in [0, 0.1) is 0 Å². The Balaban J connectivity index is 1.71. The number of aryl methyl sites for hydroxylation is 1. The van der Waals surface area contributed by atoms with E-state index in [2.05, 4.69) is 42.2 Å². The molecular weight excluding hydrogens is 438 g/mol. The van der Waals surface area contributed by atoms with E-state index < -0.39 is 0 Å². The van der Waals surface area contributed by atoms with Crippen molar-refractivity contribution in [1.82, 2.24) is 9.55 Å². The Kier molecular flexibility index (Phi) is 5.11. The average Bonchev–Trinajstić information content (AvgIpc) is 2.57. The maximum Gasteiger partial charge on any atom is 0.261 e. The van der Waals surface area contributed by atoms with E-state index in [9.17, 15) is 9.59 Å². The number of carbonyl (C=O) groups excluding carboxylic acids is 1. The molecule has 1 aromatic heterocycles. The number of halogens is 2. The highest BCUT2D eigenvalue weighted by atomic mass is 79.9. The minimum Gasteiger partial charge on any atom is -0.326 e. The van der Waals surface area contributed by atoms with Crippen molar-refractivity contribution >= 4 is 54.4 Å². The summed E-state index contributed by atoms with van der Waals surface area (Å²) in [5.41, 5.74) is 1.20. The monoisotopic (exact) mass is 449 g/mol. The zero-order valence-electron chi connectivity index (χ0n) is 12.5. The van der Waals surface area contributed by atoms with E-state index in [1.54, 1.807) is 12.1 Å². The Morgan fingerprint density at radius 2 is 1.79 bits per heavy atom. The molecule has 0 saturated heterocycles. The quantitative estimate of drug-likeness (QED) is 0.654. The highest BCUT2D eigenvalue weighted by molar-refractivity contribution is 9.10. The van der Waals surface area contributed by atoms with Gasteiger partial charge in [-0.1, -0.05) is 31.9 Å². The molecule has 0 unspecified atom stereocenters. The number of fused-ring (bicyclic) bond motifs is 1. The Morgan fingerprint density at radius 3 is 2.54 bits per heavy atom. The van der Waals surface area contributed by atoms with Crippen molar-refractivity contribution in [2.45, 2.75) is 13.0 Å². The van der Waals surface area contributed by atoms with E-state index >= 15 is 0 Å². The SMILES string of the molecule is O=C(CCn1cnc2ccc(Br)cc2c1=O)Nc1ccc(Br)cc1. The third kappa shape index (κ3) is 3.91. The average molecular weight is 451 g/mol. The Labute approximate surface area is 155 Å². The first-order valence-electron chi connectivity index (χ1n) is 7.23. The zero-order chi connectivity index (χ0) is 17.1. The summed E-state index contributed by atoms with van der Waals surface area (Å²) in [6.07, 6.45) is 1.67. The fourth-order valence-electron chi connectivity index (χ4n) is 2.27. The van der Waals surface area contributed by atoms with Crippen LogP contribution in [0.1, 0.15) is 6.42 Å². The van der Waals surface area contributed by atoms with Gasteiger partial charge in [-0.15, -0.1) is 0 Å². The second-order valence-corrected chi connectivity index (χ2v) is 7.04. The highest BCUT2D eigenvalue weighted by Gasteiger charge is 2.07. The molecule has 0 spiro atoms. The Morgan fingerprint density at radius 1 is 1.08 bits per heavy atom. The largest absolute Gasteiger partial charge is 0.326 e. The number of anilines is 1. The zero-order valence-corrected chi connectivity index (χ0v) is 15.7. The van der Waals surface area contributed by atoms with Crippen molar-refractivity contribution in [3.63, 3.8) is 0 Å². The second kappa shape index (κ2) is 7.27. The molecule has 0 fully saturated rings. The molecule has 0 aliphatic carbocycles. The lowest BCUT2D eigenvalue weighted by Gasteiger charge is -2.08. The number of aromatic nitrogens is 2. The lowest BCUT2D eigenvalue weighted by molar-refractivity contribution is -0.116. The maximum atomic E-state index is 12.5. The molecule has 122 valence electrons. The van der Waals surface area contributed by atoms with Crippen molar-refractivity contribution in [1.29, 1.82) is 0 Å². The van der Waals surface area contributed by atoms with E-state index in [4.69, 9.17) is 0 Å². The molecule has 2 aromatic carbocycles. The van der Waals surface area contributed by atoms with Gasteiger partial charge >= 0.3 is 0 Å². The predicted molar refractivity (Wildman–Crippen MR) is 101 cm³/mol. The van der Waals surface area contributed by atoms with Crippen LogP contribution in [-0.4, -0.2) is 15.5 Å². The standard InChI is InChI=1S/C17H13Br2N3O2/c18-11-1-4-13(5-2-11)21-16(23)7-8-22-10-20-15-6-3-12(19)9-14(15)17(22)24/h1-6,9-10H,7-8H2,(H,21,23). The number of nitrogens with one attached hydrogen (secondary N) is 1. The molecule has 0 aliphatic heterocycles. The van der Waals surface area contributed by atoms with Gasteiger partial charge in [-0.05, 0) is 42.5 Å². The van der Waals surface area contributed by atoms with Crippen LogP contribution in [0.25, 0.3) is 10.9 Å². The maximum absolute atomic E-state index is 12.5. The molecule has 0 saturated carbocycles. The van der Waals surface area contributed by atoms with Crippen LogP contribution < -0.4 is 10.9 Å². The lowest BCUT2D eigenvalue weighted by Crippen LogP contribution is -2.23. The number of carbonyl (C=O) groups is 1. The third-order valence-corrected chi connectivity index (χ3v) is 4.52. The first-order chi connectivity index (χ1) is 11.5. The number of hydrogen-bond donors (Lipinski definition) is 1. The van der Waals surface area contributed by atoms with Gasteiger partial charge in [0.2, 0.25) is 5.91 Å². The van der Waals surface area contributed by atoms with Crippen LogP contribution in [0.5, 0.6) is 0 Å². The first kappa shape index (κ1) is 16.9. The van der Waals surface area contributed by atoms with Gasteiger partial charge in [-0.3, -0.25) is 14.2 Å². The minimum absolute atomic E-state index is 0.154. The number of hydrogen-bond acceptors (Lipinski definition) is 3. The summed E-state index contributed by atoms with van der Waals surface area (Å²) < 4.78 is 3.22. The van der Waals surface area contributed by atoms with Crippen LogP contribution in [-0.2, 0) is 11.3 Å². The van der Waals surface area contributed by atoms with Crippen LogP contribution in [0.15, 0.2) is 62.5 Å². The van der Waals surface area contributed by atoms with E-state index in [-0.39, 0.29) is 24.4 Å². The topological polar surface area (TPSA) is 64.0 Å². The molecule has 0 atom stereocenters. The van der Waals surface area contributed by atoms with Gasteiger partial charge in [-0.2, -0.15) is 0 Å². The molecule has 0 aliphatic rings. The lowest BCUT2D eigenvalue weighted by atomic mass is 10.2. The molecule has 7 heteroatoms. The molecule has 1 N–H and O–H groups in total. The second-order valence-electron chi connectivity index (χ2n) is 5.21. The van der Waals surface area contributed by atoms with Crippen molar-refractivity contribution in [2.24, 2.45) is 0 Å². The molecule has 0 bridgehead atoms. The summed E-state index contributed by atoms with van der Waals surface area (Å²) in [5.74, 6) is -0.154. The van der Waals surface area contributed by atoms with Crippen LogP contribution in [0.3, 0.4) is 0 Å². The molecule has 5 nitrogen and oxygen atoms in total. The van der Waals surface area contributed by atoms with Gasteiger partial charge in [0.05, 0.1) is 17.2 Å². The van der Waals surface area contributed by atoms with Gasteiger partial charge in [0.25, 0.3) is 5.56 Å². The van der Waals surface area contributed by atoms with Gasteiger partial charge in [0, 0.05) is 27.6 Å².